The van der Waals surface area contributed by atoms with E-state index in [4.69, 9.17) is 11.6 Å². The number of hydrogen-bond donors (Lipinski definition) is 2. The molecule has 4 nitrogen and oxygen atoms in total. The molecule has 1 aliphatic rings. The van der Waals surface area contributed by atoms with Crippen molar-refractivity contribution in [3.05, 3.63) is 70.2 Å². The zero-order valence-corrected chi connectivity index (χ0v) is 14.9. The molecule has 2 N–H and O–H groups in total. The van der Waals surface area contributed by atoms with E-state index in [-0.39, 0.29) is 11.8 Å². The van der Waals surface area contributed by atoms with Gasteiger partial charge in [-0.15, -0.1) is 0 Å². The molecule has 5 heteroatoms. The van der Waals surface area contributed by atoms with Gasteiger partial charge < -0.3 is 10.6 Å². The first-order valence-electron chi connectivity index (χ1n) is 8.37. The Balaban J connectivity index is 1.57. The van der Waals surface area contributed by atoms with Gasteiger partial charge in [-0.25, -0.2) is 0 Å². The molecule has 0 saturated heterocycles. The maximum atomic E-state index is 12.5. The minimum absolute atomic E-state index is 0.201. The Bertz CT molecular complexity index is 736. The third-order valence-electron chi connectivity index (χ3n) is 4.72. The summed E-state index contributed by atoms with van der Waals surface area (Å²) in [6.07, 6.45) is 1.17. The van der Waals surface area contributed by atoms with E-state index < -0.39 is 5.41 Å². The number of amides is 2. The molecule has 1 saturated carbocycles. The second-order valence-electron chi connectivity index (χ2n) is 6.47. The zero-order chi connectivity index (χ0) is 17.9. The summed E-state index contributed by atoms with van der Waals surface area (Å²) < 4.78 is 0. The third kappa shape index (κ3) is 3.85. The number of carbonyl (C=O) groups excluding carboxylic acids is 2. The molecule has 0 spiro atoms. The number of aryl methyl sites for hydroxylation is 1. The van der Waals surface area contributed by atoms with E-state index in [1.54, 1.807) is 6.07 Å². The van der Waals surface area contributed by atoms with Crippen molar-refractivity contribution in [2.45, 2.75) is 32.9 Å². The van der Waals surface area contributed by atoms with Crippen LogP contribution in [0.5, 0.6) is 0 Å². The molecule has 2 amide bonds. The third-order valence-corrected chi connectivity index (χ3v) is 5.09. The van der Waals surface area contributed by atoms with Gasteiger partial charge in [-0.1, -0.05) is 54.1 Å². The van der Waals surface area contributed by atoms with Crippen LogP contribution >= 0.6 is 11.6 Å². The minimum atomic E-state index is -0.927. The highest BCUT2D eigenvalue weighted by Gasteiger charge is 2.56. The normalized spacial score (nSPS) is 14.6. The summed E-state index contributed by atoms with van der Waals surface area (Å²) in [5.74, 6) is -0.429. The highest BCUT2D eigenvalue weighted by atomic mass is 35.5. The van der Waals surface area contributed by atoms with E-state index in [1.807, 2.05) is 49.4 Å². The number of rotatable bonds is 6. The van der Waals surface area contributed by atoms with Crippen molar-refractivity contribution < 1.29 is 9.59 Å². The fourth-order valence-corrected chi connectivity index (χ4v) is 3.02. The number of halogens is 1. The lowest BCUT2D eigenvalue weighted by Crippen LogP contribution is -2.42. The largest absolute Gasteiger partial charge is 0.351 e. The molecule has 25 heavy (non-hydrogen) atoms. The van der Waals surface area contributed by atoms with Crippen LogP contribution in [0.2, 0.25) is 5.02 Å². The van der Waals surface area contributed by atoms with E-state index in [0.717, 1.165) is 16.7 Å². The fourth-order valence-electron chi connectivity index (χ4n) is 2.82. The van der Waals surface area contributed by atoms with Crippen LogP contribution in [0.15, 0.2) is 48.5 Å². The van der Waals surface area contributed by atoms with Crippen molar-refractivity contribution in [2.75, 3.05) is 0 Å². The monoisotopic (exact) mass is 356 g/mol. The summed E-state index contributed by atoms with van der Waals surface area (Å²) in [7, 11) is 0. The summed E-state index contributed by atoms with van der Waals surface area (Å²) in [6.45, 7) is 2.76. The molecule has 1 aliphatic carbocycles. The fraction of sp³-hybridized carbons (Fsp3) is 0.300. The first-order chi connectivity index (χ1) is 12.0. The number of nitrogens with one attached hydrogen (secondary N) is 2. The summed E-state index contributed by atoms with van der Waals surface area (Å²) in [6, 6.07) is 15.2. The van der Waals surface area contributed by atoms with Gasteiger partial charge in [-0.3, -0.25) is 9.59 Å². The number of benzene rings is 2. The van der Waals surface area contributed by atoms with Gasteiger partial charge in [0.2, 0.25) is 11.8 Å². The molecule has 0 atom stereocenters. The molecule has 0 radical (unpaired) electrons. The molecule has 130 valence electrons. The second kappa shape index (κ2) is 7.28. The molecule has 2 aromatic carbocycles. The van der Waals surface area contributed by atoms with Crippen LogP contribution < -0.4 is 10.6 Å². The van der Waals surface area contributed by atoms with Crippen LogP contribution in [0.4, 0.5) is 0 Å². The highest BCUT2D eigenvalue weighted by Crippen LogP contribution is 2.46. The predicted octanol–water partition coefficient (Wildman–Crippen LogP) is 3.36. The molecule has 0 bridgehead atoms. The maximum absolute atomic E-state index is 12.5. The Morgan fingerprint density at radius 2 is 1.44 bits per heavy atom. The predicted molar refractivity (Wildman–Crippen MR) is 98.0 cm³/mol. The molecule has 1 fully saturated rings. The Morgan fingerprint density at radius 3 is 2.00 bits per heavy atom. The Morgan fingerprint density at radius 1 is 0.920 bits per heavy atom. The lowest BCUT2D eigenvalue weighted by molar-refractivity contribution is -0.137. The number of hydrogen-bond acceptors (Lipinski definition) is 2. The van der Waals surface area contributed by atoms with E-state index >= 15 is 0 Å². The van der Waals surface area contributed by atoms with Gasteiger partial charge in [0.05, 0.1) is 0 Å². The summed E-state index contributed by atoms with van der Waals surface area (Å²) >= 11 is 6.10. The Hall–Kier alpha value is -2.33. The molecular weight excluding hydrogens is 336 g/mol. The van der Waals surface area contributed by atoms with Crippen molar-refractivity contribution >= 4 is 23.4 Å². The second-order valence-corrected chi connectivity index (χ2v) is 6.87. The van der Waals surface area contributed by atoms with E-state index in [1.165, 1.54) is 0 Å². The molecule has 0 aliphatic heterocycles. The van der Waals surface area contributed by atoms with Crippen LogP contribution in [-0.2, 0) is 22.7 Å². The smallest absolute Gasteiger partial charge is 0.235 e. The SMILES string of the molecule is Cc1ccccc1CNC(=O)C1(C(=O)NCc2ccccc2Cl)CC1. The lowest BCUT2D eigenvalue weighted by atomic mass is 10.0. The van der Waals surface area contributed by atoms with Crippen molar-refractivity contribution in [1.29, 1.82) is 0 Å². The molecule has 2 aromatic rings. The zero-order valence-electron chi connectivity index (χ0n) is 14.1. The van der Waals surface area contributed by atoms with Crippen LogP contribution in [0.3, 0.4) is 0 Å². The molecule has 0 heterocycles. The molecular formula is C20H21ClN2O2. The van der Waals surface area contributed by atoms with E-state index in [9.17, 15) is 9.59 Å². The van der Waals surface area contributed by atoms with Crippen molar-refractivity contribution in [3.63, 3.8) is 0 Å². The van der Waals surface area contributed by atoms with Crippen molar-refractivity contribution in [3.8, 4) is 0 Å². The van der Waals surface area contributed by atoms with E-state index in [2.05, 4.69) is 10.6 Å². The maximum Gasteiger partial charge on any atom is 0.235 e. The first-order valence-corrected chi connectivity index (χ1v) is 8.75. The number of carbonyl (C=O) groups is 2. The molecule has 0 unspecified atom stereocenters. The van der Waals surface area contributed by atoms with Gasteiger partial charge in [0.15, 0.2) is 0 Å². The van der Waals surface area contributed by atoms with Gasteiger partial charge >= 0.3 is 0 Å². The van der Waals surface area contributed by atoms with Gasteiger partial charge in [0.25, 0.3) is 0 Å². The first kappa shape index (κ1) is 17.5. The van der Waals surface area contributed by atoms with Gasteiger partial charge in [-0.2, -0.15) is 0 Å². The minimum Gasteiger partial charge on any atom is -0.351 e. The van der Waals surface area contributed by atoms with Gasteiger partial charge in [-0.05, 0) is 42.5 Å². The molecule has 0 aromatic heterocycles. The van der Waals surface area contributed by atoms with Crippen LogP contribution in [0.1, 0.15) is 29.5 Å². The average molecular weight is 357 g/mol. The summed E-state index contributed by atoms with van der Waals surface area (Å²) in [5, 5.41) is 6.36. The van der Waals surface area contributed by atoms with Crippen LogP contribution in [0.25, 0.3) is 0 Å². The van der Waals surface area contributed by atoms with Gasteiger partial charge in [0, 0.05) is 18.1 Å². The van der Waals surface area contributed by atoms with E-state index in [0.29, 0.717) is 31.0 Å². The highest BCUT2D eigenvalue weighted by molar-refractivity contribution is 6.31. The Kier molecular flexibility index (Phi) is 5.09. The topological polar surface area (TPSA) is 58.2 Å². The van der Waals surface area contributed by atoms with Crippen LogP contribution in [0, 0.1) is 12.3 Å². The lowest BCUT2D eigenvalue weighted by Gasteiger charge is -2.16. The molecule has 3 rings (SSSR count). The standard InChI is InChI=1S/C20H21ClN2O2/c1-14-6-2-3-7-15(14)12-22-18(24)20(10-11-20)19(25)23-13-16-8-4-5-9-17(16)21/h2-9H,10-13H2,1H3,(H,22,24)(H,23,25). The van der Waals surface area contributed by atoms with Crippen molar-refractivity contribution in [1.82, 2.24) is 10.6 Å². The summed E-state index contributed by atoms with van der Waals surface area (Å²) in [4.78, 5) is 25.1. The Labute approximate surface area is 152 Å². The van der Waals surface area contributed by atoms with Crippen LogP contribution in [-0.4, -0.2) is 11.8 Å². The van der Waals surface area contributed by atoms with Gasteiger partial charge in [0.1, 0.15) is 5.41 Å². The average Bonchev–Trinajstić information content (AvgIpc) is 3.42. The summed E-state index contributed by atoms with van der Waals surface area (Å²) in [5.41, 5.74) is 2.09. The van der Waals surface area contributed by atoms with Crippen molar-refractivity contribution in [2.24, 2.45) is 5.41 Å². The quantitative estimate of drug-likeness (QED) is 0.780.